The molecular formula is C22H26BrFN2O2. The Bertz CT molecular complexity index is 772. The zero-order valence-corrected chi connectivity index (χ0v) is 17.5. The van der Waals surface area contributed by atoms with Crippen LogP contribution in [0.15, 0.2) is 53.0 Å². The number of rotatable bonds is 7. The molecule has 0 unspecified atom stereocenters. The van der Waals surface area contributed by atoms with E-state index in [1.54, 1.807) is 6.07 Å². The molecule has 0 aromatic heterocycles. The second kappa shape index (κ2) is 10.6. The molecule has 0 aliphatic carbocycles. The zero-order chi connectivity index (χ0) is 19.8. The third kappa shape index (κ3) is 6.31. The summed E-state index contributed by atoms with van der Waals surface area (Å²) >= 11 is 3.21. The van der Waals surface area contributed by atoms with Gasteiger partial charge in [0.15, 0.2) is 18.2 Å². The van der Waals surface area contributed by atoms with Crippen molar-refractivity contribution in [1.29, 1.82) is 0 Å². The van der Waals surface area contributed by atoms with Crippen molar-refractivity contribution >= 4 is 21.8 Å². The van der Waals surface area contributed by atoms with Crippen molar-refractivity contribution in [2.75, 3.05) is 39.3 Å². The van der Waals surface area contributed by atoms with E-state index in [2.05, 4.69) is 45.1 Å². The quantitative estimate of drug-likeness (QED) is 0.637. The highest BCUT2D eigenvalue weighted by atomic mass is 79.9. The van der Waals surface area contributed by atoms with E-state index >= 15 is 0 Å². The van der Waals surface area contributed by atoms with Gasteiger partial charge < -0.3 is 14.5 Å². The number of halogens is 2. The topological polar surface area (TPSA) is 32.8 Å². The minimum atomic E-state index is -0.470. The van der Waals surface area contributed by atoms with Crippen LogP contribution < -0.4 is 4.74 Å². The molecule has 4 nitrogen and oxygen atoms in total. The Kier molecular flexibility index (Phi) is 7.86. The Morgan fingerprint density at radius 1 is 1.07 bits per heavy atom. The molecule has 0 radical (unpaired) electrons. The van der Waals surface area contributed by atoms with Crippen molar-refractivity contribution in [2.24, 2.45) is 0 Å². The second-order valence-electron chi connectivity index (χ2n) is 7.03. The predicted octanol–water partition coefficient (Wildman–Crippen LogP) is 4.13. The Labute approximate surface area is 174 Å². The molecule has 150 valence electrons. The molecule has 1 aliphatic rings. The molecule has 6 heteroatoms. The number of hydrogen-bond acceptors (Lipinski definition) is 3. The molecular weight excluding hydrogens is 423 g/mol. The highest BCUT2D eigenvalue weighted by Gasteiger charge is 2.19. The van der Waals surface area contributed by atoms with Gasteiger partial charge in [-0.1, -0.05) is 46.3 Å². The molecule has 0 spiro atoms. The van der Waals surface area contributed by atoms with Gasteiger partial charge in [0.2, 0.25) is 0 Å². The van der Waals surface area contributed by atoms with Gasteiger partial charge in [-0.25, -0.2) is 4.39 Å². The first-order valence-corrected chi connectivity index (χ1v) is 10.5. The highest BCUT2D eigenvalue weighted by Crippen LogP contribution is 2.21. The van der Waals surface area contributed by atoms with Crippen LogP contribution in [0.4, 0.5) is 4.39 Å². The summed E-state index contributed by atoms with van der Waals surface area (Å²) in [6, 6.07) is 15.1. The zero-order valence-electron chi connectivity index (χ0n) is 15.9. The standard InChI is InChI=1S/C22H26BrFN2O2/c23-19-9-10-21(20(24)16-19)28-17-22(27)26-13-5-12-25(14-15-26)11-4-8-18-6-2-1-3-7-18/h1-3,6-7,9-10,16H,4-5,8,11-15,17H2. The van der Waals surface area contributed by atoms with Gasteiger partial charge in [0.05, 0.1) is 0 Å². The fourth-order valence-corrected chi connectivity index (χ4v) is 3.75. The van der Waals surface area contributed by atoms with E-state index in [0.29, 0.717) is 11.0 Å². The number of carbonyl (C=O) groups is 1. The van der Waals surface area contributed by atoms with Gasteiger partial charge in [0.25, 0.3) is 5.91 Å². The summed E-state index contributed by atoms with van der Waals surface area (Å²) in [6.45, 7) is 4.19. The minimum absolute atomic E-state index is 0.0894. The van der Waals surface area contributed by atoms with Crippen LogP contribution >= 0.6 is 15.9 Å². The number of ether oxygens (including phenoxy) is 1. The number of hydrogen-bond donors (Lipinski definition) is 0. The third-order valence-electron chi connectivity index (χ3n) is 4.97. The summed E-state index contributed by atoms with van der Waals surface area (Å²) < 4.78 is 19.8. The number of amides is 1. The summed E-state index contributed by atoms with van der Waals surface area (Å²) in [4.78, 5) is 16.7. The van der Waals surface area contributed by atoms with Crippen LogP contribution in [0.3, 0.4) is 0 Å². The maximum Gasteiger partial charge on any atom is 0.260 e. The van der Waals surface area contributed by atoms with Crippen molar-refractivity contribution in [1.82, 2.24) is 9.80 Å². The molecule has 2 aromatic carbocycles. The van der Waals surface area contributed by atoms with E-state index in [0.717, 1.165) is 45.4 Å². The summed E-state index contributed by atoms with van der Waals surface area (Å²) in [7, 11) is 0. The molecule has 1 fully saturated rings. The van der Waals surface area contributed by atoms with Gasteiger partial charge in [-0.3, -0.25) is 4.79 Å². The summed E-state index contributed by atoms with van der Waals surface area (Å²) in [5.74, 6) is -0.454. The molecule has 1 aliphatic heterocycles. The van der Waals surface area contributed by atoms with Gasteiger partial charge >= 0.3 is 0 Å². The van der Waals surface area contributed by atoms with Crippen LogP contribution in [0.2, 0.25) is 0 Å². The average molecular weight is 449 g/mol. The molecule has 28 heavy (non-hydrogen) atoms. The van der Waals surface area contributed by atoms with Crippen molar-refractivity contribution in [3.63, 3.8) is 0 Å². The highest BCUT2D eigenvalue weighted by molar-refractivity contribution is 9.10. The van der Waals surface area contributed by atoms with Crippen LogP contribution in [0, 0.1) is 5.82 Å². The molecule has 1 amide bonds. The maximum atomic E-state index is 13.8. The second-order valence-corrected chi connectivity index (χ2v) is 7.94. The fraction of sp³-hybridized carbons (Fsp3) is 0.409. The lowest BCUT2D eigenvalue weighted by atomic mass is 10.1. The SMILES string of the molecule is O=C(COc1ccc(Br)cc1F)N1CCCN(CCCc2ccccc2)CC1. The molecule has 0 atom stereocenters. The molecule has 1 heterocycles. The lowest BCUT2D eigenvalue weighted by molar-refractivity contribution is -0.133. The molecule has 3 rings (SSSR count). The Morgan fingerprint density at radius 2 is 1.89 bits per heavy atom. The smallest absolute Gasteiger partial charge is 0.260 e. The van der Waals surface area contributed by atoms with Crippen molar-refractivity contribution < 1.29 is 13.9 Å². The van der Waals surface area contributed by atoms with E-state index in [1.165, 1.54) is 17.7 Å². The van der Waals surface area contributed by atoms with Crippen LogP contribution in [-0.4, -0.2) is 55.0 Å². The van der Waals surface area contributed by atoms with Crippen LogP contribution in [0.25, 0.3) is 0 Å². The van der Waals surface area contributed by atoms with E-state index in [1.807, 2.05) is 11.0 Å². The first-order chi connectivity index (χ1) is 13.6. The molecule has 0 N–H and O–H groups in total. The first-order valence-electron chi connectivity index (χ1n) is 9.74. The van der Waals surface area contributed by atoms with Gasteiger partial charge in [0.1, 0.15) is 0 Å². The normalized spacial score (nSPS) is 15.3. The Hall–Kier alpha value is -1.92. The lowest BCUT2D eigenvalue weighted by Gasteiger charge is -2.22. The van der Waals surface area contributed by atoms with Crippen molar-refractivity contribution in [2.45, 2.75) is 19.3 Å². The van der Waals surface area contributed by atoms with Gasteiger partial charge in [-0.15, -0.1) is 0 Å². The largest absolute Gasteiger partial charge is 0.481 e. The summed E-state index contributed by atoms with van der Waals surface area (Å²) in [5, 5.41) is 0. The van der Waals surface area contributed by atoms with Crippen LogP contribution in [0.1, 0.15) is 18.4 Å². The van der Waals surface area contributed by atoms with Crippen LogP contribution in [0.5, 0.6) is 5.75 Å². The lowest BCUT2D eigenvalue weighted by Crippen LogP contribution is -2.38. The number of aryl methyl sites for hydroxylation is 1. The van der Waals surface area contributed by atoms with E-state index < -0.39 is 5.82 Å². The summed E-state index contributed by atoms with van der Waals surface area (Å²) in [6.07, 6.45) is 3.14. The minimum Gasteiger partial charge on any atom is -0.481 e. The van der Waals surface area contributed by atoms with Crippen molar-refractivity contribution in [3.05, 3.63) is 64.4 Å². The Balaban J connectivity index is 1.40. The predicted molar refractivity (Wildman–Crippen MR) is 112 cm³/mol. The molecule has 1 saturated heterocycles. The Morgan fingerprint density at radius 3 is 2.68 bits per heavy atom. The van der Waals surface area contributed by atoms with E-state index in [-0.39, 0.29) is 18.3 Å². The van der Waals surface area contributed by atoms with E-state index in [9.17, 15) is 9.18 Å². The third-order valence-corrected chi connectivity index (χ3v) is 5.46. The number of benzene rings is 2. The number of nitrogens with zero attached hydrogens (tertiary/aromatic N) is 2. The van der Waals surface area contributed by atoms with Gasteiger partial charge in [-0.05, 0) is 56.1 Å². The summed E-state index contributed by atoms with van der Waals surface area (Å²) in [5.41, 5.74) is 1.37. The monoisotopic (exact) mass is 448 g/mol. The average Bonchev–Trinajstić information content (AvgIpc) is 2.94. The molecule has 2 aromatic rings. The van der Waals surface area contributed by atoms with Gasteiger partial charge in [0, 0.05) is 24.1 Å². The number of carbonyl (C=O) groups excluding carboxylic acids is 1. The maximum absolute atomic E-state index is 13.8. The van der Waals surface area contributed by atoms with Gasteiger partial charge in [-0.2, -0.15) is 0 Å². The fourth-order valence-electron chi connectivity index (χ4n) is 3.42. The van der Waals surface area contributed by atoms with Crippen molar-refractivity contribution in [3.8, 4) is 5.75 Å². The van der Waals surface area contributed by atoms with E-state index in [4.69, 9.17) is 4.74 Å². The molecule has 0 saturated carbocycles. The van der Waals surface area contributed by atoms with Crippen LogP contribution in [-0.2, 0) is 11.2 Å². The first kappa shape index (κ1) is 20.8. The molecule has 0 bridgehead atoms.